The lowest BCUT2D eigenvalue weighted by Gasteiger charge is -2.41. The Labute approximate surface area is 171 Å². The van der Waals surface area contributed by atoms with Crippen LogP contribution >= 0.6 is 22.6 Å². The van der Waals surface area contributed by atoms with Crippen molar-refractivity contribution in [2.45, 2.75) is 31.6 Å². The van der Waals surface area contributed by atoms with E-state index in [-0.39, 0.29) is 5.56 Å². The lowest BCUT2D eigenvalue weighted by atomic mass is 9.88. The second-order valence-electron chi connectivity index (χ2n) is 7.09. The summed E-state index contributed by atoms with van der Waals surface area (Å²) in [5.74, 6) is -1.69. The van der Waals surface area contributed by atoms with Gasteiger partial charge >= 0.3 is 6.18 Å². The van der Waals surface area contributed by atoms with Crippen LogP contribution in [0.15, 0.2) is 36.4 Å². The first kappa shape index (κ1) is 19.6. The minimum atomic E-state index is -4.49. The molecule has 0 unspecified atom stereocenters. The zero-order valence-electron chi connectivity index (χ0n) is 14.7. The summed E-state index contributed by atoms with van der Waals surface area (Å²) in [6.45, 7) is 0.407. The van der Waals surface area contributed by atoms with Gasteiger partial charge in [-0.1, -0.05) is 18.2 Å². The molecule has 2 atom stereocenters. The summed E-state index contributed by atoms with van der Waals surface area (Å²) in [6, 6.07) is 7.88. The number of nitrogens with zero attached hydrogens (tertiary/aromatic N) is 1. The van der Waals surface area contributed by atoms with Crippen LogP contribution in [0.1, 0.15) is 29.8 Å². The molecule has 148 valence electrons. The van der Waals surface area contributed by atoms with Crippen LogP contribution in [0.4, 0.5) is 22.0 Å². The maximum Gasteiger partial charge on any atom is 0.401 e. The molecule has 0 saturated heterocycles. The van der Waals surface area contributed by atoms with Gasteiger partial charge < -0.3 is 4.98 Å². The largest absolute Gasteiger partial charge is 0.401 e. The van der Waals surface area contributed by atoms with Crippen LogP contribution in [0.5, 0.6) is 0 Å². The first-order valence-electron chi connectivity index (χ1n) is 8.72. The maximum atomic E-state index is 14.8. The fourth-order valence-electron chi connectivity index (χ4n) is 4.09. The van der Waals surface area contributed by atoms with Gasteiger partial charge in [0.25, 0.3) is 0 Å². The Morgan fingerprint density at radius 2 is 1.79 bits per heavy atom. The third-order valence-corrected chi connectivity index (χ3v) is 5.82. The highest BCUT2D eigenvalue weighted by Crippen LogP contribution is 2.43. The number of nitrogens with one attached hydrogen (secondary N) is 1. The first-order chi connectivity index (χ1) is 13.2. The zero-order valence-corrected chi connectivity index (χ0v) is 16.9. The molecular formula is C20H16F5IN2. The van der Waals surface area contributed by atoms with Crippen LogP contribution in [-0.4, -0.2) is 28.6 Å². The smallest absolute Gasteiger partial charge is 0.357 e. The van der Waals surface area contributed by atoms with E-state index < -0.39 is 36.4 Å². The van der Waals surface area contributed by atoms with Crippen molar-refractivity contribution >= 4 is 33.5 Å². The summed E-state index contributed by atoms with van der Waals surface area (Å²) in [7, 11) is 0. The average Bonchev–Trinajstić information content (AvgIpc) is 2.94. The summed E-state index contributed by atoms with van der Waals surface area (Å²) in [5, 5.41) is 0.868. The lowest BCUT2D eigenvalue weighted by molar-refractivity contribution is -0.155. The SMILES string of the molecule is C[C@@H]1Cc2c([nH]c3ccccc23)[C@H](c2c(F)cc(I)cc2F)N1CC(F)(F)F. The molecule has 2 heterocycles. The fraction of sp³-hybridized carbons (Fsp3) is 0.300. The van der Waals surface area contributed by atoms with Gasteiger partial charge in [0.05, 0.1) is 12.6 Å². The van der Waals surface area contributed by atoms with E-state index in [4.69, 9.17) is 0 Å². The number of rotatable bonds is 2. The molecule has 0 bridgehead atoms. The highest BCUT2D eigenvalue weighted by Gasteiger charge is 2.43. The van der Waals surface area contributed by atoms with Crippen molar-refractivity contribution in [1.29, 1.82) is 0 Å². The highest BCUT2D eigenvalue weighted by molar-refractivity contribution is 14.1. The Morgan fingerprint density at radius 3 is 2.43 bits per heavy atom. The Kier molecular flexibility index (Phi) is 4.89. The summed E-state index contributed by atoms with van der Waals surface area (Å²) in [5.41, 5.74) is 1.61. The van der Waals surface area contributed by atoms with Crippen molar-refractivity contribution < 1.29 is 22.0 Å². The minimum Gasteiger partial charge on any atom is -0.357 e. The number of benzene rings is 2. The molecule has 0 amide bonds. The van der Waals surface area contributed by atoms with Crippen LogP contribution in [0.25, 0.3) is 10.9 Å². The molecule has 4 rings (SSSR count). The van der Waals surface area contributed by atoms with Crippen molar-refractivity contribution in [2.24, 2.45) is 0 Å². The second kappa shape index (κ2) is 6.98. The fourth-order valence-corrected chi connectivity index (χ4v) is 4.63. The summed E-state index contributed by atoms with van der Waals surface area (Å²) in [6.07, 6.45) is -4.13. The van der Waals surface area contributed by atoms with E-state index in [2.05, 4.69) is 4.98 Å². The van der Waals surface area contributed by atoms with Gasteiger partial charge in [-0.05, 0) is 59.7 Å². The number of aromatic amines is 1. The van der Waals surface area contributed by atoms with Gasteiger partial charge in [0, 0.05) is 31.8 Å². The number of hydrogen-bond acceptors (Lipinski definition) is 1. The van der Waals surface area contributed by atoms with Crippen LogP contribution in [0, 0.1) is 15.2 Å². The predicted molar refractivity (Wildman–Crippen MR) is 105 cm³/mol. The lowest BCUT2D eigenvalue weighted by Crippen LogP contribution is -2.47. The Hall–Kier alpha value is -1.68. The number of aromatic nitrogens is 1. The summed E-state index contributed by atoms with van der Waals surface area (Å²) < 4.78 is 69.9. The van der Waals surface area contributed by atoms with E-state index in [1.165, 1.54) is 0 Å². The Balaban J connectivity index is 1.98. The molecule has 2 nitrogen and oxygen atoms in total. The first-order valence-corrected chi connectivity index (χ1v) is 9.80. The van der Waals surface area contributed by atoms with Crippen LogP contribution in [0.3, 0.4) is 0 Å². The number of H-pyrrole nitrogens is 1. The van der Waals surface area contributed by atoms with Gasteiger partial charge in [0.15, 0.2) is 0 Å². The molecule has 2 aromatic carbocycles. The van der Waals surface area contributed by atoms with E-state index in [0.717, 1.165) is 33.5 Å². The minimum absolute atomic E-state index is 0.347. The molecular weight excluding hydrogens is 490 g/mol. The number of hydrogen-bond donors (Lipinski definition) is 1. The molecule has 8 heteroatoms. The van der Waals surface area contributed by atoms with Gasteiger partial charge in [-0.3, -0.25) is 4.90 Å². The van der Waals surface area contributed by atoms with Gasteiger partial charge in [0.2, 0.25) is 0 Å². The van der Waals surface area contributed by atoms with Crippen LogP contribution in [-0.2, 0) is 6.42 Å². The Bertz CT molecular complexity index is 1020. The molecule has 0 fully saturated rings. The summed E-state index contributed by atoms with van der Waals surface area (Å²) >= 11 is 1.78. The summed E-state index contributed by atoms with van der Waals surface area (Å²) in [4.78, 5) is 4.26. The van der Waals surface area contributed by atoms with Gasteiger partial charge in [-0.2, -0.15) is 13.2 Å². The Morgan fingerprint density at radius 1 is 1.14 bits per heavy atom. The van der Waals surface area contributed by atoms with Crippen molar-refractivity contribution in [3.8, 4) is 0 Å². The molecule has 1 aromatic heterocycles. The third-order valence-electron chi connectivity index (χ3n) is 5.20. The van der Waals surface area contributed by atoms with Crippen molar-refractivity contribution in [1.82, 2.24) is 9.88 Å². The van der Waals surface area contributed by atoms with Crippen LogP contribution < -0.4 is 0 Å². The molecule has 1 aliphatic rings. The van der Waals surface area contributed by atoms with Gasteiger partial charge in [0.1, 0.15) is 11.6 Å². The average molecular weight is 506 g/mol. The molecule has 0 saturated carbocycles. The molecule has 0 radical (unpaired) electrons. The highest BCUT2D eigenvalue weighted by atomic mass is 127. The number of halogens is 6. The molecule has 1 N–H and O–H groups in total. The predicted octanol–water partition coefficient (Wildman–Crippen LogP) is 5.95. The second-order valence-corrected chi connectivity index (χ2v) is 8.33. The molecule has 1 aliphatic heterocycles. The molecule has 0 aliphatic carbocycles. The van der Waals surface area contributed by atoms with E-state index in [9.17, 15) is 22.0 Å². The monoisotopic (exact) mass is 506 g/mol. The maximum absolute atomic E-state index is 14.8. The van der Waals surface area contributed by atoms with Gasteiger partial charge in [-0.15, -0.1) is 0 Å². The zero-order chi connectivity index (χ0) is 20.2. The quantitative estimate of drug-likeness (QED) is 0.337. The van der Waals surface area contributed by atoms with E-state index >= 15 is 0 Å². The molecule has 28 heavy (non-hydrogen) atoms. The number of alkyl halides is 3. The van der Waals surface area contributed by atoms with E-state index in [1.54, 1.807) is 29.5 Å². The normalized spacial score (nSPS) is 20.5. The van der Waals surface area contributed by atoms with Gasteiger partial charge in [-0.25, -0.2) is 8.78 Å². The number of para-hydroxylation sites is 1. The third kappa shape index (κ3) is 3.41. The number of fused-ring (bicyclic) bond motifs is 3. The van der Waals surface area contributed by atoms with Crippen molar-refractivity contribution in [3.63, 3.8) is 0 Å². The van der Waals surface area contributed by atoms with E-state index in [1.807, 2.05) is 24.3 Å². The molecule has 3 aromatic rings. The van der Waals surface area contributed by atoms with Crippen molar-refractivity contribution in [2.75, 3.05) is 6.54 Å². The standard InChI is InChI=1S/C20H16F5IN2/c1-10-6-13-12-4-2-3-5-16(12)27-18(13)19(28(10)9-20(23,24)25)17-14(21)7-11(26)8-15(17)22/h2-5,7-8,10,19,27H,6,9H2,1H3/t10-,19+/m1/s1. The van der Waals surface area contributed by atoms with E-state index in [0.29, 0.717) is 15.7 Å². The topological polar surface area (TPSA) is 19.0 Å². The van der Waals surface area contributed by atoms with Crippen LogP contribution in [0.2, 0.25) is 0 Å². The van der Waals surface area contributed by atoms with Crippen molar-refractivity contribution in [3.05, 3.63) is 68.4 Å². The molecule has 0 spiro atoms.